The molecule has 0 aliphatic heterocycles. The molecule has 0 radical (unpaired) electrons. The van der Waals surface area contributed by atoms with Crippen molar-refractivity contribution in [2.75, 3.05) is 17.7 Å². The van der Waals surface area contributed by atoms with Gasteiger partial charge in [-0.25, -0.2) is 4.98 Å². The van der Waals surface area contributed by atoms with Gasteiger partial charge >= 0.3 is 6.18 Å². The molecule has 29 heavy (non-hydrogen) atoms. The molecule has 3 rings (SSSR count). The number of alkyl halides is 3. The zero-order chi connectivity index (χ0) is 21.0. The number of carbonyl (C=O) groups is 1. The van der Waals surface area contributed by atoms with Crippen LogP contribution in [0.25, 0.3) is 0 Å². The minimum Gasteiger partial charge on any atom is -0.365 e. The Hall–Kier alpha value is -3.38. The fourth-order valence-electron chi connectivity index (χ4n) is 2.34. The summed E-state index contributed by atoms with van der Waals surface area (Å²) in [6, 6.07) is 6.61. The van der Waals surface area contributed by atoms with Gasteiger partial charge in [0, 0.05) is 24.5 Å². The monoisotopic (exact) mass is 416 g/mol. The number of anilines is 2. The van der Waals surface area contributed by atoms with Gasteiger partial charge in [-0.05, 0) is 42.7 Å². The number of hydrogen-bond acceptors (Lipinski definition) is 5. The molecule has 148 valence electrons. The molecular formula is C20H15F3N4OS. The molecule has 0 aliphatic rings. The molecule has 0 spiro atoms. The van der Waals surface area contributed by atoms with Crippen LogP contribution in [0.4, 0.5) is 24.0 Å². The van der Waals surface area contributed by atoms with Crippen LogP contribution in [0.3, 0.4) is 0 Å². The molecule has 0 bridgehead atoms. The number of hydrogen-bond donors (Lipinski definition) is 2. The highest BCUT2D eigenvalue weighted by Crippen LogP contribution is 2.29. The predicted octanol–water partition coefficient (Wildman–Crippen LogP) is 4.56. The molecule has 0 unspecified atom stereocenters. The average Bonchev–Trinajstić information content (AvgIpc) is 3.16. The SMILES string of the molecule is CNc1ncc(C#Cc2cc(NC(=O)c3cc(C(F)(F)F)ccn3)ccc2C)s1. The van der Waals surface area contributed by atoms with Gasteiger partial charge in [-0.3, -0.25) is 9.78 Å². The zero-order valence-electron chi connectivity index (χ0n) is 15.4. The zero-order valence-corrected chi connectivity index (χ0v) is 16.2. The first-order chi connectivity index (χ1) is 13.8. The van der Waals surface area contributed by atoms with E-state index in [4.69, 9.17) is 0 Å². The van der Waals surface area contributed by atoms with Crippen LogP contribution in [0.1, 0.15) is 32.1 Å². The Bertz CT molecular complexity index is 1110. The second-order valence-electron chi connectivity index (χ2n) is 5.94. The van der Waals surface area contributed by atoms with Crippen molar-refractivity contribution in [2.24, 2.45) is 0 Å². The Morgan fingerprint density at radius 1 is 1.14 bits per heavy atom. The number of amides is 1. The third-order valence-electron chi connectivity index (χ3n) is 3.86. The number of aryl methyl sites for hydroxylation is 1. The number of rotatable bonds is 3. The first-order valence-corrected chi connectivity index (χ1v) is 9.19. The lowest BCUT2D eigenvalue weighted by Crippen LogP contribution is -2.15. The Kier molecular flexibility index (Phi) is 5.84. The van der Waals surface area contributed by atoms with Gasteiger partial charge in [0.2, 0.25) is 0 Å². The van der Waals surface area contributed by atoms with Crippen LogP contribution in [0.15, 0.2) is 42.7 Å². The number of carbonyl (C=O) groups excluding carboxylic acids is 1. The molecule has 9 heteroatoms. The molecule has 0 saturated carbocycles. The Morgan fingerprint density at radius 2 is 1.93 bits per heavy atom. The summed E-state index contributed by atoms with van der Waals surface area (Å²) in [4.78, 5) is 21.0. The maximum absolute atomic E-state index is 12.8. The number of nitrogens with one attached hydrogen (secondary N) is 2. The topological polar surface area (TPSA) is 66.9 Å². The van der Waals surface area contributed by atoms with Gasteiger partial charge in [-0.15, -0.1) is 0 Å². The van der Waals surface area contributed by atoms with Crippen LogP contribution in [-0.2, 0) is 6.18 Å². The van der Waals surface area contributed by atoms with Gasteiger partial charge < -0.3 is 10.6 Å². The summed E-state index contributed by atoms with van der Waals surface area (Å²) in [7, 11) is 1.77. The van der Waals surface area contributed by atoms with Gasteiger partial charge in [-0.1, -0.05) is 23.3 Å². The highest BCUT2D eigenvalue weighted by molar-refractivity contribution is 7.16. The number of pyridine rings is 1. The molecule has 1 amide bonds. The minimum absolute atomic E-state index is 0.322. The van der Waals surface area contributed by atoms with Crippen molar-refractivity contribution in [3.63, 3.8) is 0 Å². The van der Waals surface area contributed by atoms with Crippen molar-refractivity contribution in [3.8, 4) is 11.8 Å². The molecule has 2 N–H and O–H groups in total. The second-order valence-corrected chi connectivity index (χ2v) is 6.97. The third kappa shape index (κ3) is 5.12. The lowest BCUT2D eigenvalue weighted by molar-refractivity contribution is -0.137. The third-order valence-corrected chi connectivity index (χ3v) is 4.79. The molecule has 3 aromatic rings. The van der Waals surface area contributed by atoms with Crippen LogP contribution in [0, 0.1) is 18.8 Å². The second kappa shape index (κ2) is 8.32. The van der Waals surface area contributed by atoms with E-state index in [1.165, 1.54) is 11.3 Å². The summed E-state index contributed by atoms with van der Waals surface area (Å²) >= 11 is 1.41. The van der Waals surface area contributed by atoms with Crippen LogP contribution in [0.5, 0.6) is 0 Å². The fraction of sp³-hybridized carbons (Fsp3) is 0.150. The highest BCUT2D eigenvalue weighted by atomic mass is 32.1. The first-order valence-electron chi connectivity index (χ1n) is 8.37. The predicted molar refractivity (Wildman–Crippen MR) is 106 cm³/mol. The van der Waals surface area contributed by atoms with Crippen LogP contribution in [0.2, 0.25) is 0 Å². The number of thiazole rings is 1. The van der Waals surface area contributed by atoms with Crippen molar-refractivity contribution in [3.05, 3.63) is 70.0 Å². The normalized spacial score (nSPS) is 10.8. The Labute approximate surface area is 169 Å². The molecular weight excluding hydrogens is 401 g/mol. The molecule has 5 nitrogen and oxygen atoms in total. The van der Waals surface area contributed by atoms with Crippen LogP contribution >= 0.6 is 11.3 Å². The number of benzene rings is 1. The number of aromatic nitrogens is 2. The summed E-state index contributed by atoms with van der Waals surface area (Å²) in [5, 5.41) is 6.24. The van der Waals surface area contributed by atoms with E-state index in [9.17, 15) is 18.0 Å². The van der Waals surface area contributed by atoms with Gasteiger partial charge in [0.05, 0.1) is 16.6 Å². The molecule has 2 aromatic heterocycles. The Balaban J connectivity index is 1.80. The molecule has 2 heterocycles. The van der Waals surface area contributed by atoms with Crippen molar-refractivity contribution in [1.82, 2.24) is 9.97 Å². The van der Waals surface area contributed by atoms with E-state index in [1.807, 2.05) is 6.92 Å². The van der Waals surface area contributed by atoms with Crippen molar-refractivity contribution < 1.29 is 18.0 Å². The van der Waals surface area contributed by atoms with Gasteiger partial charge in [0.25, 0.3) is 5.91 Å². The summed E-state index contributed by atoms with van der Waals surface area (Å²) in [5.41, 5.74) is 0.727. The summed E-state index contributed by atoms with van der Waals surface area (Å²) in [6.07, 6.45) is -1.93. The lowest BCUT2D eigenvalue weighted by Gasteiger charge is -2.09. The van der Waals surface area contributed by atoms with E-state index >= 15 is 0 Å². The maximum Gasteiger partial charge on any atom is 0.416 e. The fourth-order valence-corrected chi connectivity index (χ4v) is 2.96. The van der Waals surface area contributed by atoms with Gasteiger partial charge in [0.1, 0.15) is 5.69 Å². The van der Waals surface area contributed by atoms with E-state index in [0.29, 0.717) is 17.3 Å². The lowest BCUT2D eigenvalue weighted by atomic mass is 10.1. The quantitative estimate of drug-likeness (QED) is 0.615. The first kappa shape index (κ1) is 20.4. The van der Waals surface area contributed by atoms with Crippen molar-refractivity contribution >= 4 is 28.1 Å². The summed E-state index contributed by atoms with van der Waals surface area (Å²) in [5.74, 6) is 5.30. The maximum atomic E-state index is 12.8. The molecule has 1 aromatic carbocycles. The average molecular weight is 416 g/mol. The van der Waals surface area contributed by atoms with Crippen LogP contribution < -0.4 is 10.6 Å². The van der Waals surface area contributed by atoms with Crippen LogP contribution in [-0.4, -0.2) is 22.9 Å². The number of halogens is 3. The van der Waals surface area contributed by atoms with Gasteiger partial charge in [0.15, 0.2) is 5.13 Å². The van der Waals surface area contributed by atoms with E-state index < -0.39 is 17.6 Å². The smallest absolute Gasteiger partial charge is 0.365 e. The van der Waals surface area contributed by atoms with E-state index in [-0.39, 0.29) is 5.69 Å². The highest BCUT2D eigenvalue weighted by Gasteiger charge is 2.31. The standard InChI is InChI=1S/C20H15F3N4OS/c1-12-3-5-15(9-13(12)4-6-16-11-26-19(24-2)29-16)27-18(28)17-10-14(7-8-25-17)20(21,22)23/h3,5,7-11H,1-2H3,(H,24,26)(H,27,28). The summed E-state index contributed by atoms with van der Waals surface area (Å²) in [6.45, 7) is 1.87. The van der Waals surface area contributed by atoms with Gasteiger partial charge in [-0.2, -0.15) is 13.2 Å². The van der Waals surface area contributed by atoms with E-state index in [1.54, 1.807) is 31.4 Å². The molecule has 0 atom stereocenters. The minimum atomic E-state index is -4.55. The number of nitrogens with zero attached hydrogens (tertiary/aromatic N) is 2. The van der Waals surface area contributed by atoms with E-state index in [0.717, 1.165) is 27.8 Å². The summed E-state index contributed by atoms with van der Waals surface area (Å²) < 4.78 is 38.5. The molecule has 0 aliphatic carbocycles. The molecule has 0 fully saturated rings. The Morgan fingerprint density at radius 3 is 2.62 bits per heavy atom. The van der Waals surface area contributed by atoms with Crippen molar-refractivity contribution in [1.29, 1.82) is 0 Å². The largest absolute Gasteiger partial charge is 0.416 e. The van der Waals surface area contributed by atoms with E-state index in [2.05, 4.69) is 32.4 Å². The van der Waals surface area contributed by atoms with Crippen molar-refractivity contribution in [2.45, 2.75) is 13.1 Å². The molecule has 0 saturated heterocycles.